The van der Waals surface area contributed by atoms with Gasteiger partial charge < -0.3 is 15.4 Å². The minimum absolute atomic E-state index is 0. The quantitative estimate of drug-likeness (QED) is 0.791. The number of carbonyl (C=O) groups is 1. The Kier molecular flexibility index (Phi) is 8.32. The normalized spacial score (nSPS) is 20.2. The first-order chi connectivity index (χ1) is 12.2. The molecule has 0 atom stereocenters. The van der Waals surface area contributed by atoms with Crippen molar-refractivity contribution in [2.24, 2.45) is 5.92 Å². The number of hydrogen-bond acceptors (Lipinski definition) is 3. The van der Waals surface area contributed by atoms with Crippen molar-refractivity contribution < 1.29 is 13.9 Å². The minimum Gasteiger partial charge on any atom is -0.381 e. The lowest BCUT2D eigenvalue weighted by molar-refractivity contribution is -0.122. The average Bonchev–Trinajstić information content (AvgIpc) is 2.67. The molecule has 2 N–H and O–H groups in total. The van der Waals surface area contributed by atoms with Gasteiger partial charge in [-0.1, -0.05) is 12.1 Å². The zero-order valence-electron chi connectivity index (χ0n) is 15.3. The summed E-state index contributed by atoms with van der Waals surface area (Å²) in [6.07, 6.45) is 5.62. The predicted octanol–water partition coefficient (Wildman–Crippen LogP) is 3.19. The number of rotatable bonds is 6. The van der Waals surface area contributed by atoms with Crippen molar-refractivity contribution in [3.63, 3.8) is 0 Å². The van der Waals surface area contributed by atoms with Crippen LogP contribution in [-0.4, -0.2) is 38.8 Å². The van der Waals surface area contributed by atoms with Gasteiger partial charge in [0.25, 0.3) is 0 Å². The van der Waals surface area contributed by atoms with E-state index in [9.17, 15) is 9.18 Å². The molecule has 1 aromatic rings. The standard InChI is InChI=1S/C20H29FN2O2.ClH/c21-18-4-2-17(3-5-18)20(9-13-25-14-10-20)15-23-19(24)6-1-16-7-11-22-12-8-16;/h2-5,16,22H,1,6-15H2,(H,23,24);1H. The van der Waals surface area contributed by atoms with Crippen molar-refractivity contribution in [1.29, 1.82) is 0 Å². The molecule has 3 rings (SSSR count). The number of carbonyl (C=O) groups excluding carboxylic acids is 1. The first kappa shape index (κ1) is 21.1. The summed E-state index contributed by atoms with van der Waals surface area (Å²) in [4.78, 5) is 12.3. The lowest BCUT2D eigenvalue weighted by Gasteiger charge is -2.38. The van der Waals surface area contributed by atoms with Crippen LogP contribution in [0.4, 0.5) is 4.39 Å². The second kappa shape index (κ2) is 10.2. The van der Waals surface area contributed by atoms with Crippen molar-refractivity contribution in [2.45, 2.75) is 43.9 Å². The van der Waals surface area contributed by atoms with Gasteiger partial charge in [-0.25, -0.2) is 4.39 Å². The SMILES string of the molecule is Cl.O=C(CCC1CCNCC1)NCC1(c2ccc(F)cc2)CCOCC1. The lowest BCUT2D eigenvalue weighted by atomic mass is 9.74. The Balaban J connectivity index is 0.00000243. The molecule has 2 saturated heterocycles. The first-order valence-corrected chi connectivity index (χ1v) is 9.49. The maximum absolute atomic E-state index is 13.3. The third-order valence-corrected chi connectivity index (χ3v) is 5.77. The van der Waals surface area contributed by atoms with Crippen molar-refractivity contribution >= 4 is 18.3 Å². The van der Waals surface area contributed by atoms with Gasteiger partial charge >= 0.3 is 0 Å². The summed E-state index contributed by atoms with van der Waals surface area (Å²) in [7, 11) is 0. The molecule has 26 heavy (non-hydrogen) atoms. The van der Waals surface area contributed by atoms with Crippen LogP contribution in [0.1, 0.15) is 44.1 Å². The molecule has 0 radical (unpaired) electrons. The molecule has 2 aliphatic heterocycles. The molecule has 2 heterocycles. The summed E-state index contributed by atoms with van der Waals surface area (Å²) < 4.78 is 18.8. The molecule has 0 unspecified atom stereocenters. The van der Waals surface area contributed by atoms with Crippen molar-refractivity contribution in [2.75, 3.05) is 32.8 Å². The van der Waals surface area contributed by atoms with E-state index >= 15 is 0 Å². The summed E-state index contributed by atoms with van der Waals surface area (Å²) in [6.45, 7) is 4.11. The molecule has 0 saturated carbocycles. The van der Waals surface area contributed by atoms with Crippen molar-refractivity contribution in [1.82, 2.24) is 10.6 Å². The predicted molar refractivity (Wildman–Crippen MR) is 103 cm³/mol. The van der Waals surface area contributed by atoms with E-state index in [1.54, 1.807) is 0 Å². The molecule has 0 aromatic heterocycles. The van der Waals surface area contributed by atoms with Crippen LogP contribution in [-0.2, 0) is 14.9 Å². The summed E-state index contributed by atoms with van der Waals surface area (Å²) in [6, 6.07) is 6.71. The molecule has 0 aliphatic carbocycles. The molecule has 1 amide bonds. The van der Waals surface area contributed by atoms with Gasteiger partial charge in [-0.2, -0.15) is 0 Å². The number of nitrogens with one attached hydrogen (secondary N) is 2. The second-order valence-electron chi connectivity index (χ2n) is 7.41. The molecular weight excluding hydrogens is 355 g/mol. The highest BCUT2D eigenvalue weighted by atomic mass is 35.5. The van der Waals surface area contributed by atoms with Crippen molar-refractivity contribution in [3.8, 4) is 0 Å². The van der Waals surface area contributed by atoms with Gasteiger partial charge in [-0.15, -0.1) is 12.4 Å². The van der Waals surface area contributed by atoms with Gasteiger partial charge in [0.05, 0.1) is 0 Å². The fraction of sp³-hybridized carbons (Fsp3) is 0.650. The summed E-state index contributed by atoms with van der Waals surface area (Å²) >= 11 is 0. The van der Waals surface area contributed by atoms with Gasteiger partial charge in [0.2, 0.25) is 5.91 Å². The summed E-state index contributed by atoms with van der Waals surface area (Å²) in [5.41, 5.74) is 0.951. The van der Waals surface area contributed by atoms with E-state index in [1.165, 1.54) is 25.0 Å². The van der Waals surface area contributed by atoms with Crippen LogP contribution >= 0.6 is 12.4 Å². The van der Waals surface area contributed by atoms with Gasteiger partial charge in [-0.3, -0.25) is 4.79 Å². The smallest absolute Gasteiger partial charge is 0.220 e. The van der Waals surface area contributed by atoms with Crippen LogP contribution in [0.2, 0.25) is 0 Å². The van der Waals surface area contributed by atoms with Gasteiger partial charge in [-0.05, 0) is 68.8 Å². The highest BCUT2D eigenvalue weighted by Gasteiger charge is 2.34. The molecule has 0 bridgehead atoms. The number of benzene rings is 1. The highest BCUT2D eigenvalue weighted by Crippen LogP contribution is 2.34. The molecule has 2 fully saturated rings. The number of ether oxygens (including phenoxy) is 1. The Morgan fingerprint density at radius 1 is 1.19 bits per heavy atom. The van der Waals surface area contributed by atoms with E-state index in [1.807, 2.05) is 12.1 Å². The van der Waals surface area contributed by atoms with Crippen LogP contribution in [0.25, 0.3) is 0 Å². The van der Waals surface area contributed by atoms with E-state index in [-0.39, 0.29) is 29.5 Å². The first-order valence-electron chi connectivity index (χ1n) is 9.49. The number of hydrogen-bond donors (Lipinski definition) is 2. The molecule has 0 spiro atoms. The monoisotopic (exact) mass is 384 g/mol. The zero-order chi connectivity index (χ0) is 17.5. The molecule has 2 aliphatic rings. The van der Waals surface area contributed by atoms with Crippen LogP contribution in [0.5, 0.6) is 0 Å². The van der Waals surface area contributed by atoms with E-state index in [4.69, 9.17) is 4.74 Å². The molecule has 146 valence electrons. The molecular formula is C20H30ClFN2O2. The van der Waals surface area contributed by atoms with Gasteiger partial charge in [0, 0.05) is 31.6 Å². The van der Waals surface area contributed by atoms with Crippen LogP contribution in [0.3, 0.4) is 0 Å². The Hall–Kier alpha value is -1.17. The van der Waals surface area contributed by atoms with E-state index in [0.29, 0.717) is 32.1 Å². The fourth-order valence-electron chi connectivity index (χ4n) is 3.99. The summed E-state index contributed by atoms with van der Waals surface area (Å²) in [5, 5.41) is 6.50. The summed E-state index contributed by atoms with van der Waals surface area (Å²) in [5.74, 6) is 0.574. The maximum Gasteiger partial charge on any atom is 0.220 e. The third-order valence-electron chi connectivity index (χ3n) is 5.77. The highest BCUT2D eigenvalue weighted by molar-refractivity contribution is 5.85. The molecule has 6 heteroatoms. The fourth-order valence-corrected chi connectivity index (χ4v) is 3.99. The third kappa shape index (κ3) is 5.66. The molecule has 4 nitrogen and oxygen atoms in total. The van der Waals surface area contributed by atoms with Gasteiger partial charge in [0.1, 0.15) is 5.82 Å². The number of piperidine rings is 1. The van der Waals surface area contributed by atoms with E-state index < -0.39 is 0 Å². The van der Waals surface area contributed by atoms with Crippen LogP contribution in [0.15, 0.2) is 24.3 Å². The zero-order valence-corrected chi connectivity index (χ0v) is 16.1. The largest absolute Gasteiger partial charge is 0.381 e. The van der Waals surface area contributed by atoms with E-state index in [0.717, 1.165) is 37.9 Å². The number of halogens is 2. The average molecular weight is 385 g/mol. The molecule has 1 aromatic carbocycles. The lowest BCUT2D eigenvalue weighted by Crippen LogP contribution is -2.44. The Morgan fingerprint density at radius 3 is 2.50 bits per heavy atom. The van der Waals surface area contributed by atoms with E-state index in [2.05, 4.69) is 10.6 Å². The van der Waals surface area contributed by atoms with Gasteiger partial charge in [0.15, 0.2) is 0 Å². The van der Waals surface area contributed by atoms with Crippen molar-refractivity contribution in [3.05, 3.63) is 35.6 Å². The van der Waals surface area contributed by atoms with Crippen LogP contribution in [0, 0.1) is 11.7 Å². The topological polar surface area (TPSA) is 50.4 Å². The minimum atomic E-state index is -0.225. The second-order valence-corrected chi connectivity index (χ2v) is 7.41. The Bertz CT molecular complexity index is 555. The Morgan fingerprint density at radius 2 is 1.85 bits per heavy atom. The number of amides is 1. The Labute approximate surface area is 161 Å². The van der Waals surface area contributed by atoms with Crippen LogP contribution < -0.4 is 10.6 Å². The maximum atomic E-state index is 13.3.